The van der Waals surface area contributed by atoms with E-state index in [0.717, 1.165) is 43.6 Å². The minimum atomic E-state index is -0.785. The van der Waals surface area contributed by atoms with Crippen LogP contribution in [0.2, 0.25) is 0 Å². The van der Waals surface area contributed by atoms with E-state index < -0.39 is 5.41 Å². The fourth-order valence-electron chi connectivity index (χ4n) is 3.75. The SMILES string of the molecule is CCN1CCC(COC(=O)C(C)(c2ccccc2)c2ccccc2)CC1. The van der Waals surface area contributed by atoms with E-state index in [1.54, 1.807) is 0 Å². The summed E-state index contributed by atoms with van der Waals surface area (Å²) in [5.74, 6) is 0.311. The Morgan fingerprint density at radius 2 is 1.50 bits per heavy atom. The molecule has 0 N–H and O–H groups in total. The summed E-state index contributed by atoms with van der Waals surface area (Å²) in [5, 5.41) is 0. The molecule has 0 atom stereocenters. The molecule has 2 aromatic rings. The fraction of sp³-hybridized carbons (Fsp3) is 0.435. The average Bonchev–Trinajstić information content (AvgIpc) is 2.73. The van der Waals surface area contributed by atoms with Crippen molar-refractivity contribution in [1.82, 2.24) is 4.90 Å². The van der Waals surface area contributed by atoms with Crippen molar-refractivity contribution < 1.29 is 9.53 Å². The fourth-order valence-corrected chi connectivity index (χ4v) is 3.75. The molecule has 0 spiro atoms. The zero-order valence-corrected chi connectivity index (χ0v) is 15.9. The van der Waals surface area contributed by atoms with Crippen molar-refractivity contribution in [2.24, 2.45) is 5.92 Å². The maximum atomic E-state index is 13.2. The lowest BCUT2D eigenvalue weighted by atomic mass is 9.76. The third kappa shape index (κ3) is 3.99. The third-order valence-electron chi connectivity index (χ3n) is 5.72. The van der Waals surface area contributed by atoms with Gasteiger partial charge >= 0.3 is 5.97 Å². The molecule has 0 amide bonds. The van der Waals surface area contributed by atoms with Crippen molar-refractivity contribution in [3.63, 3.8) is 0 Å². The number of carbonyl (C=O) groups excluding carboxylic acids is 1. The molecule has 0 unspecified atom stereocenters. The van der Waals surface area contributed by atoms with E-state index in [1.165, 1.54) is 0 Å². The van der Waals surface area contributed by atoms with Gasteiger partial charge in [0.25, 0.3) is 0 Å². The van der Waals surface area contributed by atoms with E-state index in [0.29, 0.717) is 12.5 Å². The van der Waals surface area contributed by atoms with Crippen molar-refractivity contribution in [3.05, 3.63) is 71.8 Å². The molecule has 1 fully saturated rings. The molecular weight excluding hydrogens is 322 g/mol. The lowest BCUT2D eigenvalue weighted by Crippen LogP contribution is -2.39. The number of likely N-dealkylation sites (tertiary alicyclic amines) is 1. The van der Waals surface area contributed by atoms with Gasteiger partial charge in [-0.25, -0.2) is 0 Å². The van der Waals surface area contributed by atoms with Crippen LogP contribution in [0.3, 0.4) is 0 Å². The Morgan fingerprint density at radius 1 is 1.00 bits per heavy atom. The van der Waals surface area contributed by atoms with Crippen molar-refractivity contribution in [3.8, 4) is 0 Å². The van der Waals surface area contributed by atoms with Crippen LogP contribution in [0.25, 0.3) is 0 Å². The number of esters is 1. The molecule has 1 aliphatic rings. The summed E-state index contributed by atoms with van der Waals surface area (Å²) in [6, 6.07) is 19.9. The second-order valence-corrected chi connectivity index (χ2v) is 7.33. The first-order valence-electron chi connectivity index (χ1n) is 9.65. The van der Waals surface area contributed by atoms with E-state index in [4.69, 9.17) is 4.74 Å². The molecule has 0 saturated carbocycles. The predicted octanol–water partition coefficient (Wildman–Crippen LogP) is 4.27. The molecule has 1 aliphatic heterocycles. The smallest absolute Gasteiger partial charge is 0.320 e. The first-order valence-corrected chi connectivity index (χ1v) is 9.65. The summed E-state index contributed by atoms with van der Waals surface area (Å²) < 4.78 is 5.87. The van der Waals surface area contributed by atoms with Gasteiger partial charge < -0.3 is 9.64 Å². The highest BCUT2D eigenvalue weighted by atomic mass is 16.5. The molecular formula is C23H29NO2. The van der Waals surface area contributed by atoms with Gasteiger partial charge in [-0.2, -0.15) is 0 Å². The number of nitrogens with zero attached hydrogens (tertiary/aromatic N) is 1. The lowest BCUT2D eigenvalue weighted by Gasteiger charge is -2.32. The Labute approximate surface area is 157 Å². The minimum absolute atomic E-state index is 0.159. The van der Waals surface area contributed by atoms with Gasteiger partial charge in [0.05, 0.1) is 6.61 Å². The summed E-state index contributed by atoms with van der Waals surface area (Å²) in [6.45, 7) is 8.00. The zero-order chi connectivity index (χ0) is 18.4. The highest BCUT2D eigenvalue weighted by Gasteiger charge is 2.39. The molecule has 3 heteroatoms. The van der Waals surface area contributed by atoms with Crippen LogP contribution < -0.4 is 0 Å². The van der Waals surface area contributed by atoms with Crippen molar-refractivity contribution in [2.75, 3.05) is 26.2 Å². The van der Waals surface area contributed by atoms with Crippen LogP contribution in [0.5, 0.6) is 0 Å². The Morgan fingerprint density at radius 3 is 1.96 bits per heavy atom. The molecule has 2 aromatic carbocycles. The van der Waals surface area contributed by atoms with Gasteiger partial charge in [-0.1, -0.05) is 67.6 Å². The van der Waals surface area contributed by atoms with Crippen LogP contribution in [0.4, 0.5) is 0 Å². The minimum Gasteiger partial charge on any atom is -0.464 e. The first-order chi connectivity index (χ1) is 12.6. The van der Waals surface area contributed by atoms with Crippen molar-refractivity contribution in [1.29, 1.82) is 0 Å². The predicted molar refractivity (Wildman–Crippen MR) is 105 cm³/mol. The normalized spacial score (nSPS) is 16.4. The van der Waals surface area contributed by atoms with Gasteiger partial charge in [-0.15, -0.1) is 0 Å². The van der Waals surface area contributed by atoms with E-state index in [9.17, 15) is 4.79 Å². The standard InChI is InChI=1S/C23H29NO2/c1-3-24-16-14-19(15-17-24)18-26-22(25)23(2,20-10-6-4-7-11-20)21-12-8-5-9-13-21/h4-13,19H,3,14-18H2,1-2H3. The maximum absolute atomic E-state index is 13.2. The van der Waals surface area contributed by atoms with Crippen molar-refractivity contribution in [2.45, 2.75) is 32.1 Å². The summed E-state index contributed by atoms with van der Waals surface area (Å²) in [6.07, 6.45) is 2.21. The van der Waals surface area contributed by atoms with Gasteiger partial charge in [0.1, 0.15) is 5.41 Å². The molecule has 0 radical (unpaired) electrons. The maximum Gasteiger partial charge on any atom is 0.320 e. The largest absolute Gasteiger partial charge is 0.464 e. The molecule has 1 heterocycles. The quantitative estimate of drug-likeness (QED) is 0.728. The number of carbonyl (C=O) groups is 1. The molecule has 26 heavy (non-hydrogen) atoms. The lowest BCUT2D eigenvalue weighted by molar-refractivity contribution is -0.150. The number of piperidine rings is 1. The Hall–Kier alpha value is -2.13. The summed E-state index contributed by atoms with van der Waals surface area (Å²) in [4.78, 5) is 15.7. The van der Waals surface area contributed by atoms with Crippen LogP contribution >= 0.6 is 0 Å². The van der Waals surface area contributed by atoms with Crippen LogP contribution in [0, 0.1) is 5.92 Å². The monoisotopic (exact) mass is 351 g/mol. The van der Waals surface area contributed by atoms with Gasteiger partial charge in [0.2, 0.25) is 0 Å². The van der Waals surface area contributed by atoms with E-state index in [1.807, 2.05) is 67.6 Å². The van der Waals surface area contributed by atoms with Gasteiger partial charge in [-0.3, -0.25) is 4.79 Å². The van der Waals surface area contributed by atoms with Gasteiger partial charge in [0.15, 0.2) is 0 Å². The number of hydrogen-bond acceptors (Lipinski definition) is 3. The van der Waals surface area contributed by atoms with E-state index >= 15 is 0 Å². The van der Waals surface area contributed by atoms with Crippen molar-refractivity contribution >= 4 is 5.97 Å². The zero-order valence-electron chi connectivity index (χ0n) is 15.9. The number of rotatable bonds is 6. The third-order valence-corrected chi connectivity index (χ3v) is 5.72. The molecule has 1 saturated heterocycles. The second kappa shape index (κ2) is 8.50. The Bertz CT molecular complexity index is 651. The molecule has 3 nitrogen and oxygen atoms in total. The first kappa shape index (κ1) is 18.7. The van der Waals surface area contributed by atoms with Crippen LogP contribution in [0.1, 0.15) is 37.8 Å². The Balaban J connectivity index is 1.74. The van der Waals surface area contributed by atoms with E-state index in [-0.39, 0.29) is 5.97 Å². The highest BCUT2D eigenvalue weighted by Crippen LogP contribution is 2.33. The highest BCUT2D eigenvalue weighted by molar-refractivity contribution is 5.87. The summed E-state index contributed by atoms with van der Waals surface area (Å²) >= 11 is 0. The molecule has 0 bridgehead atoms. The van der Waals surface area contributed by atoms with Crippen LogP contribution in [0.15, 0.2) is 60.7 Å². The Kier molecular flexibility index (Phi) is 6.10. The average molecular weight is 351 g/mol. The van der Waals surface area contributed by atoms with Gasteiger partial charge in [0, 0.05) is 0 Å². The summed E-state index contributed by atoms with van der Waals surface area (Å²) in [7, 11) is 0. The number of benzene rings is 2. The van der Waals surface area contributed by atoms with Crippen LogP contribution in [-0.4, -0.2) is 37.1 Å². The van der Waals surface area contributed by atoms with Crippen LogP contribution in [-0.2, 0) is 14.9 Å². The summed E-state index contributed by atoms with van der Waals surface area (Å²) in [5.41, 5.74) is 1.15. The number of ether oxygens (including phenoxy) is 1. The molecule has 3 rings (SSSR count). The molecule has 138 valence electrons. The number of hydrogen-bond donors (Lipinski definition) is 0. The van der Waals surface area contributed by atoms with E-state index in [2.05, 4.69) is 11.8 Å². The molecule has 0 aliphatic carbocycles. The topological polar surface area (TPSA) is 29.5 Å². The van der Waals surface area contributed by atoms with Gasteiger partial charge in [-0.05, 0) is 56.4 Å². The second-order valence-electron chi connectivity index (χ2n) is 7.33. The molecule has 0 aromatic heterocycles.